The van der Waals surface area contributed by atoms with Gasteiger partial charge in [-0.1, -0.05) is 17.7 Å². The highest BCUT2D eigenvalue weighted by atomic mass is 35.5. The van der Waals surface area contributed by atoms with E-state index in [1.165, 1.54) is 0 Å². The Bertz CT molecular complexity index is 896. The highest BCUT2D eigenvalue weighted by molar-refractivity contribution is 7.92. The van der Waals surface area contributed by atoms with Crippen LogP contribution < -0.4 is 5.32 Å². The number of nitrogens with one attached hydrogen (secondary N) is 1. The predicted octanol–water partition coefficient (Wildman–Crippen LogP) is 3.48. The Morgan fingerprint density at radius 3 is 2.28 bits per heavy atom. The molecule has 0 unspecified atom stereocenters. The van der Waals surface area contributed by atoms with Crippen LogP contribution in [0, 0.1) is 0 Å². The molecular formula is C15H11ClF3NO4S. The number of halogens is 4. The third-order valence-corrected chi connectivity index (χ3v) is 5.05. The zero-order valence-electron chi connectivity index (χ0n) is 12.3. The predicted molar refractivity (Wildman–Crippen MR) is 85.2 cm³/mol. The minimum Gasteiger partial charge on any atom is -0.508 e. The first-order valence-electron chi connectivity index (χ1n) is 6.68. The second-order valence-corrected chi connectivity index (χ2v) is 7.36. The van der Waals surface area contributed by atoms with Crippen molar-refractivity contribution >= 4 is 33.0 Å². The topological polar surface area (TPSA) is 83.5 Å². The van der Waals surface area contributed by atoms with Crippen LogP contribution in [0.3, 0.4) is 0 Å². The Kier molecular flexibility index (Phi) is 5.28. The smallest absolute Gasteiger partial charge is 0.418 e. The maximum atomic E-state index is 13.0. The van der Waals surface area contributed by atoms with Gasteiger partial charge in [0.25, 0.3) is 0 Å². The van der Waals surface area contributed by atoms with Crippen molar-refractivity contribution in [3.63, 3.8) is 0 Å². The van der Waals surface area contributed by atoms with Crippen molar-refractivity contribution in [2.45, 2.75) is 11.1 Å². The number of carbonyl (C=O) groups excluding carboxylic acids is 1. The first kappa shape index (κ1) is 19.1. The number of hydrogen-bond donors (Lipinski definition) is 2. The van der Waals surface area contributed by atoms with E-state index in [-0.39, 0.29) is 15.7 Å². The monoisotopic (exact) mass is 393 g/mol. The summed E-state index contributed by atoms with van der Waals surface area (Å²) in [6.07, 6.45) is -4.77. The van der Waals surface area contributed by atoms with Gasteiger partial charge in [-0.2, -0.15) is 13.2 Å². The number of rotatable bonds is 4. The van der Waals surface area contributed by atoms with E-state index in [0.717, 1.165) is 42.5 Å². The molecule has 2 N–H and O–H groups in total. The molecule has 0 spiro atoms. The molecule has 10 heteroatoms. The van der Waals surface area contributed by atoms with E-state index >= 15 is 0 Å². The van der Waals surface area contributed by atoms with Gasteiger partial charge in [-0.25, -0.2) is 8.42 Å². The molecule has 0 fully saturated rings. The molecule has 0 heterocycles. The van der Waals surface area contributed by atoms with Crippen molar-refractivity contribution in [1.29, 1.82) is 0 Å². The molecule has 2 aromatic carbocycles. The molecule has 1 amide bonds. The number of sulfone groups is 1. The van der Waals surface area contributed by atoms with E-state index in [4.69, 9.17) is 16.7 Å². The summed E-state index contributed by atoms with van der Waals surface area (Å²) in [7, 11) is -4.11. The number of carbonyl (C=O) groups is 1. The molecule has 0 radical (unpaired) electrons. The van der Waals surface area contributed by atoms with Crippen molar-refractivity contribution in [3.8, 4) is 5.75 Å². The summed E-state index contributed by atoms with van der Waals surface area (Å²) in [6, 6.07) is 7.30. The summed E-state index contributed by atoms with van der Waals surface area (Å²) >= 11 is 5.69. The Morgan fingerprint density at radius 2 is 1.72 bits per heavy atom. The maximum absolute atomic E-state index is 13.0. The van der Waals surface area contributed by atoms with Gasteiger partial charge in [-0.15, -0.1) is 0 Å². The number of amides is 1. The Labute approximate surface area is 146 Å². The van der Waals surface area contributed by atoms with Crippen molar-refractivity contribution in [3.05, 3.63) is 53.1 Å². The van der Waals surface area contributed by atoms with E-state index in [1.807, 2.05) is 5.32 Å². The largest absolute Gasteiger partial charge is 0.508 e. The minimum atomic E-state index is -4.77. The Morgan fingerprint density at radius 1 is 1.12 bits per heavy atom. The molecule has 0 saturated carbocycles. The molecule has 2 aromatic rings. The molecule has 0 atom stereocenters. The van der Waals surface area contributed by atoms with E-state index < -0.39 is 38.9 Å². The second kappa shape index (κ2) is 6.93. The average Bonchev–Trinajstić information content (AvgIpc) is 2.48. The van der Waals surface area contributed by atoms with Gasteiger partial charge in [-0.3, -0.25) is 4.79 Å². The normalized spacial score (nSPS) is 12.0. The fourth-order valence-electron chi connectivity index (χ4n) is 1.97. The highest BCUT2D eigenvalue weighted by Gasteiger charge is 2.35. The minimum absolute atomic E-state index is 0.172. The van der Waals surface area contributed by atoms with Crippen LogP contribution in [0.4, 0.5) is 18.9 Å². The molecule has 0 saturated heterocycles. The second-order valence-electron chi connectivity index (χ2n) is 4.96. The molecule has 0 aliphatic rings. The van der Waals surface area contributed by atoms with Crippen LogP contribution >= 0.6 is 11.6 Å². The zero-order valence-corrected chi connectivity index (χ0v) is 13.9. The molecular weight excluding hydrogens is 383 g/mol. The third kappa shape index (κ3) is 4.64. The van der Waals surface area contributed by atoms with Crippen LogP contribution in [-0.4, -0.2) is 25.2 Å². The Balaban J connectivity index is 2.25. The maximum Gasteiger partial charge on any atom is 0.418 e. The van der Waals surface area contributed by atoms with Gasteiger partial charge in [0.2, 0.25) is 5.91 Å². The highest BCUT2D eigenvalue weighted by Crippen LogP contribution is 2.38. The van der Waals surface area contributed by atoms with Gasteiger partial charge in [0.15, 0.2) is 9.84 Å². The van der Waals surface area contributed by atoms with Crippen LogP contribution in [0.25, 0.3) is 0 Å². The SMILES string of the molecule is O=C(CS(=O)(=O)c1ccc(O)cc1)Nc1c(Cl)cccc1C(F)(F)F. The molecule has 0 aliphatic heterocycles. The van der Waals surface area contributed by atoms with Crippen molar-refractivity contribution < 1.29 is 31.5 Å². The first-order valence-corrected chi connectivity index (χ1v) is 8.71. The van der Waals surface area contributed by atoms with Crippen LogP contribution in [-0.2, 0) is 20.8 Å². The molecule has 2 rings (SSSR count). The summed E-state index contributed by atoms with van der Waals surface area (Å²) in [5, 5.41) is 10.7. The quantitative estimate of drug-likeness (QED) is 0.833. The fourth-order valence-corrected chi connectivity index (χ4v) is 3.33. The van der Waals surface area contributed by atoms with Crippen molar-refractivity contribution in [2.24, 2.45) is 0 Å². The average molecular weight is 394 g/mol. The number of anilines is 1. The lowest BCUT2D eigenvalue weighted by Crippen LogP contribution is -2.24. The number of hydrogen-bond acceptors (Lipinski definition) is 4. The summed E-state index contributed by atoms with van der Waals surface area (Å²) in [5.74, 6) is -2.43. The summed E-state index contributed by atoms with van der Waals surface area (Å²) in [4.78, 5) is 11.7. The molecule has 0 aromatic heterocycles. The summed E-state index contributed by atoms with van der Waals surface area (Å²) in [6.45, 7) is 0. The number of phenolic OH excluding ortho intramolecular Hbond substituents is 1. The van der Waals surface area contributed by atoms with E-state index in [2.05, 4.69) is 0 Å². The van der Waals surface area contributed by atoms with Gasteiger partial charge >= 0.3 is 6.18 Å². The lowest BCUT2D eigenvalue weighted by Gasteiger charge is -2.15. The van der Waals surface area contributed by atoms with Crippen LogP contribution in [0.5, 0.6) is 5.75 Å². The van der Waals surface area contributed by atoms with Gasteiger partial charge in [-0.05, 0) is 36.4 Å². The van der Waals surface area contributed by atoms with Crippen molar-refractivity contribution in [2.75, 3.05) is 11.1 Å². The molecule has 25 heavy (non-hydrogen) atoms. The van der Waals surface area contributed by atoms with Gasteiger partial charge < -0.3 is 10.4 Å². The van der Waals surface area contributed by atoms with Crippen LogP contribution in [0.1, 0.15) is 5.56 Å². The zero-order chi connectivity index (χ0) is 18.8. The van der Waals surface area contributed by atoms with Gasteiger partial charge in [0.05, 0.1) is 21.2 Å². The number of benzene rings is 2. The van der Waals surface area contributed by atoms with E-state index in [9.17, 15) is 26.4 Å². The summed E-state index contributed by atoms with van der Waals surface area (Å²) < 4.78 is 63.1. The molecule has 0 aliphatic carbocycles. The van der Waals surface area contributed by atoms with Gasteiger partial charge in [0.1, 0.15) is 11.5 Å². The first-order chi connectivity index (χ1) is 11.5. The molecule has 134 valence electrons. The number of para-hydroxylation sites is 1. The fraction of sp³-hybridized carbons (Fsp3) is 0.133. The van der Waals surface area contributed by atoms with Crippen LogP contribution in [0.2, 0.25) is 5.02 Å². The van der Waals surface area contributed by atoms with Crippen molar-refractivity contribution in [1.82, 2.24) is 0 Å². The summed E-state index contributed by atoms with van der Waals surface area (Å²) in [5.41, 5.74) is -1.89. The lowest BCUT2D eigenvalue weighted by atomic mass is 10.1. The standard InChI is InChI=1S/C15H11ClF3NO4S/c16-12-3-1-2-11(15(17,18)19)14(12)20-13(22)8-25(23,24)10-6-4-9(21)5-7-10/h1-7,21H,8H2,(H,20,22). The van der Waals surface area contributed by atoms with E-state index in [0.29, 0.717) is 0 Å². The number of phenols is 1. The van der Waals surface area contributed by atoms with Gasteiger partial charge in [0, 0.05) is 0 Å². The molecule has 0 bridgehead atoms. The number of aromatic hydroxyl groups is 1. The molecule has 5 nitrogen and oxygen atoms in total. The van der Waals surface area contributed by atoms with E-state index in [1.54, 1.807) is 0 Å². The Hall–Kier alpha value is -2.26. The number of alkyl halides is 3. The van der Waals surface area contributed by atoms with Crippen LogP contribution in [0.15, 0.2) is 47.4 Å². The lowest BCUT2D eigenvalue weighted by molar-refractivity contribution is -0.137. The third-order valence-electron chi connectivity index (χ3n) is 3.10.